The first-order valence-electron chi connectivity index (χ1n) is 10.0. The summed E-state index contributed by atoms with van der Waals surface area (Å²) in [5, 5.41) is 9.64. The average Bonchev–Trinajstić information content (AvgIpc) is 2.74. The minimum atomic E-state index is -0.0508. The number of aryl methyl sites for hydroxylation is 1. The van der Waals surface area contributed by atoms with Crippen molar-refractivity contribution in [2.75, 3.05) is 40.5 Å². The van der Waals surface area contributed by atoms with Gasteiger partial charge in [-0.3, -0.25) is 9.79 Å². The highest BCUT2D eigenvalue weighted by Gasteiger charge is 2.07. The smallest absolute Gasteiger partial charge is 0.251 e. The number of hydrogen-bond donors (Lipinski definition) is 3. The highest BCUT2D eigenvalue weighted by atomic mass is 127. The van der Waals surface area contributed by atoms with Crippen LogP contribution in [0.5, 0.6) is 0 Å². The molecule has 31 heavy (non-hydrogen) atoms. The van der Waals surface area contributed by atoms with Crippen LogP contribution < -0.4 is 16.0 Å². The number of nitrogens with one attached hydrogen (secondary N) is 3. The second-order valence-corrected chi connectivity index (χ2v) is 8.20. The van der Waals surface area contributed by atoms with Crippen LogP contribution in [-0.2, 0) is 13.1 Å². The van der Waals surface area contributed by atoms with Crippen molar-refractivity contribution < 1.29 is 4.79 Å². The maximum absolute atomic E-state index is 12.3. The fourth-order valence-corrected chi connectivity index (χ4v) is 3.61. The Morgan fingerprint density at radius 3 is 2.48 bits per heavy atom. The van der Waals surface area contributed by atoms with Gasteiger partial charge < -0.3 is 20.9 Å². The molecule has 0 aliphatic rings. The van der Waals surface area contributed by atoms with E-state index in [0.717, 1.165) is 18.1 Å². The second-order valence-electron chi connectivity index (χ2n) is 7.35. The van der Waals surface area contributed by atoms with E-state index >= 15 is 0 Å². The third kappa shape index (κ3) is 9.49. The summed E-state index contributed by atoms with van der Waals surface area (Å²) in [4.78, 5) is 19.9. The average molecular weight is 556 g/mol. The highest BCUT2D eigenvalue weighted by molar-refractivity contribution is 14.0. The first kappa shape index (κ1) is 27.3. The molecule has 0 unspecified atom stereocenters. The highest BCUT2D eigenvalue weighted by Crippen LogP contribution is 2.21. The molecular weight excluding hydrogens is 521 g/mol. The fraction of sp³-hybridized carbons (Fsp3) is 0.391. The van der Waals surface area contributed by atoms with E-state index in [1.54, 1.807) is 18.8 Å². The normalized spacial score (nSPS) is 11.1. The summed E-state index contributed by atoms with van der Waals surface area (Å²) >= 11 is 1.75. The van der Waals surface area contributed by atoms with Crippen LogP contribution in [0.1, 0.15) is 27.0 Å². The summed E-state index contributed by atoms with van der Waals surface area (Å²) in [5.41, 5.74) is 4.20. The minimum absolute atomic E-state index is 0. The van der Waals surface area contributed by atoms with Crippen LogP contribution in [-0.4, -0.2) is 57.3 Å². The Morgan fingerprint density at radius 2 is 1.81 bits per heavy atom. The third-order valence-corrected chi connectivity index (χ3v) is 5.43. The van der Waals surface area contributed by atoms with Crippen LogP contribution in [0.15, 0.2) is 52.4 Å². The van der Waals surface area contributed by atoms with Crippen molar-refractivity contribution in [3.63, 3.8) is 0 Å². The number of likely N-dealkylation sites (N-methyl/N-ethyl adjacent to an activating group) is 1. The molecule has 2 rings (SSSR count). The number of hydrogen-bond acceptors (Lipinski definition) is 4. The predicted molar refractivity (Wildman–Crippen MR) is 143 cm³/mol. The fourth-order valence-electron chi connectivity index (χ4n) is 2.90. The quantitative estimate of drug-likeness (QED) is 0.191. The molecule has 170 valence electrons. The van der Waals surface area contributed by atoms with Crippen molar-refractivity contribution in [3.05, 3.63) is 64.7 Å². The van der Waals surface area contributed by atoms with E-state index < -0.39 is 0 Å². The van der Waals surface area contributed by atoms with E-state index in [2.05, 4.69) is 52.3 Å². The van der Waals surface area contributed by atoms with Gasteiger partial charge in [0.1, 0.15) is 0 Å². The van der Waals surface area contributed by atoms with Gasteiger partial charge in [-0.2, -0.15) is 0 Å². The van der Waals surface area contributed by atoms with Gasteiger partial charge >= 0.3 is 0 Å². The summed E-state index contributed by atoms with van der Waals surface area (Å²) in [6.07, 6.45) is 2.09. The molecule has 0 saturated carbocycles. The number of aliphatic imine (C=N–C) groups is 1. The lowest BCUT2D eigenvalue weighted by molar-refractivity contribution is 0.0951. The van der Waals surface area contributed by atoms with Crippen molar-refractivity contribution >= 4 is 47.6 Å². The van der Waals surface area contributed by atoms with E-state index in [1.807, 2.05) is 43.3 Å². The molecule has 0 atom stereocenters. The van der Waals surface area contributed by atoms with Crippen molar-refractivity contribution in [1.29, 1.82) is 0 Å². The second kappa shape index (κ2) is 14.3. The third-order valence-electron chi connectivity index (χ3n) is 4.61. The van der Waals surface area contributed by atoms with Crippen molar-refractivity contribution in [3.8, 4) is 0 Å². The van der Waals surface area contributed by atoms with E-state index in [1.165, 1.54) is 16.0 Å². The molecule has 0 aliphatic carbocycles. The minimum Gasteiger partial charge on any atom is -0.352 e. The summed E-state index contributed by atoms with van der Waals surface area (Å²) in [7, 11) is 5.73. The molecule has 0 heterocycles. The first-order chi connectivity index (χ1) is 14.4. The van der Waals surface area contributed by atoms with Crippen molar-refractivity contribution in [2.45, 2.75) is 24.9 Å². The standard InChI is InChI=1S/C23H33N5OS.HI/c1-17-9-10-20(21(13-17)30-5)16-27-23(24-2)26-15-18-7-6-8-19(14-18)22(29)25-11-12-28(3)4;/h6-10,13-14H,11-12,15-16H2,1-5H3,(H,25,29)(H2,24,26,27);1H. The van der Waals surface area contributed by atoms with E-state index in [9.17, 15) is 4.79 Å². The van der Waals surface area contributed by atoms with Crippen LogP contribution in [0, 0.1) is 6.92 Å². The van der Waals surface area contributed by atoms with Gasteiger partial charge in [-0.25, -0.2) is 0 Å². The van der Waals surface area contributed by atoms with Crippen LogP contribution in [0.2, 0.25) is 0 Å². The van der Waals surface area contributed by atoms with Gasteiger partial charge in [-0.15, -0.1) is 35.7 Å². The summed E-state index contributed by atoms with van der Waals surface area (Å²) < 4.78 is 0. The van der Waals surface area contributed by atoms with Gasteiger partial charge in [0.05, 0.1) is 0 Å². The first-order valence-corrected chi connectivity index (χ1v) is 11.2. The van der Waals surface area contributed by atoms with E-state index in [4.69, 9.17) is 0 Å². The van der Waals surface area contributed by atoms with E-state index in [0.29, 0.717) is 25.2 Å². The number of carbonyl (C=O) groups is 1. The topological polar surface area (TPSA) is 68.8 Å². The number of thioether (sulfide) groups is 1. The zero-order valence-electron chi connectivity index (χ0n) is 19.0. The Morgan fingerprint density at radius 1 is 1.06 bits per heavy atom. The number of amides is 1. The Bertz CT molecular complexity index is 873. The van der Waals surface area contributed by atoms with Crippen LogP contribution >= 0.6 is 35.7 Å². The van der Waals surface area contributed by atoms with Gasteiger partial charge in [0.15, 0.2) is 5.96 Å². The maximum Gasteiger partial charge on any atom is 0.251 e. The molecule has 3 N–H and O–H groups in total. The molecule has 2 aromatic rings. The molecule has 0 bridgehead atoms. The van der Waals surface area contributed by atoms with Gasteiger partial charge in [0.2, 0.25) is 0 Å². The molecule has 0 aliphatic heterocycles. The Kier molecular flexibility index (Phi) is 12.6. The van der Waals surface area contributed by atoms with Gasteiger partial charge in [0, 0.05) is 43.7 Å². The number of nitrogens with zero attached hydrogens (tertiary/aromatic N) is 2. The zero-order valence-corrected chi connectivity index (χ0v) is 22.1. The monoisotopic (exact) mass is 555 g/mol. The lowest BCUT2D eigenvalue weighted by atomic mass is 10.1. The van der Waals surface area contributed by atoms with Crippen molar-refractivity contribution in [1.82, 2.24) is 20.9 Å². The Labute approximate surface area is 207 Å². The zero-order chi connectivity index (χ0) is 21.9. The number of benzene rings is 2. The van der Waals surface area contributed by atoms with Crippen LogP contribution in [0.25, 0.3) is 0 Å². The molecule has 0 spiro atoms. The lowest BCUT2D eigenvalue weighted by Crippen LogP contribution is -2.36. The molecule has 0 radical (unpaired) electrons. The maximum atomic E-state index is 12.3. The van der Waals surface area contributed by atoms with Crippen molar-refractivity contribution in [2.24, 2.45) is 4.99 Å². The Balaban J connectivity index is 0.00000480. The number of carbonyl (C=O) groups excluding carboxylic acids is 1. The van der Waals surface area contributed by atoms with Gasteiger partial charge in [0.25, 0.3) is 5.91 Å². The van der Waals surface area contributed by atoms with Gasteiger partial charge in [-0.1, -0.05) is 24.3 Å². The van der Waals surface area contributed by atoms with Crippen LogP contribution in [0.3, 0.4) is 0 Å². The summed E-state index contributed by atoms with van der Waals surface area (Å²) in [6.45, 7) is 4.83. The molecule has 0 aromatic heterocycles. The number of guanidine groups is 1. The predicted octanol–water partition coefficient (Wildman–Crippen LogP) is 3.49. The molecule has 0 fully saturated rings. The molecule has 1 amide bonds. The molecule has 2 aromatic carbocycles. The van der Waals surface area contributed by atoms with Crippen LogP contribution in [0.4, 0.5) is 0 Å². The summed E-state index contributed by atoms with van der Waals surface area (Å²) in [5.74, 6) is 0.675. The van der Waals surface area contributed by atoms with Gasteiger partial charge in [-0.05, 0) is 62.2 Å². The molecule has 0 saturated heterocycles. The lowest BCUT2D eigenvalue weighted by Gasteiger charge is -2.14. The Hall–Kier alpha value is -1.78. The van der Waals surface area contributed by atoms with E-state index in [-0.39, 0.29) is 29.9 Å². The number of rotatable bonds is 9. The molecule has 6 nitrogen and oxygen atoms in total. The number of halogens is 1. The molecular formula is C23H34IN5OS. The SMILES string of the molecule is CN=C(NCc1cccc(C(=O)NCCN(C)C)c1)NCc1ccc(C)cc1SC.I. The molecule has 8 heteroatoms. The largest absolute Gasteiger partial charge is 0.352 e. The summed E-state index contributed by atoms with van der Waals surface area (Å²) in [6, 6.07) is 14.1.